The van der Waals surface area contributed by atoms with E-state index in [1.165, 1.54) is 30.3 Å². The molecule has 4 N–H and O–H groups in total. The summed E-state index contributed by atoms with van der Waals surface area (Å²) < 4.78 is 12.9. The molecule has 0 saturated heterocycles. The molecule has 1 heterocycles. The Bertz CT molecular complexity index is 1020. The van der Waals surface area contributed by atoms with Gasteiger partial charge in [0.25, 0.3) is 5.91 Å². The van der Waals surface area contributed by atoms with E-state index in [0.29, 0.717) is 11.6 Å². The maximum Gasteiger partial charge on any atom is 0.257 e. The molecular formula is C20H21N3O6. The normalized spacial score (nSPS) is 11.7. The van der Waals surface area contributed by atoms with Gasteiger partial charge in [-0.25, -0.2) is 0 Å². The van der Waals surface area contributed by atoms with Crippen molar-refractivity contribution in [1.82, 2.24) is 9.78 Å². The number of ether oxygens (including phenoxy) is 2. The fourth-order valence-corrected chi connectivity index (χ4v) is 2.47. The number of aliphatic hydroxyl groups is 1. The lowest BCUT2D eigenvalue weighted by molar-refractivity contribution is 0.102. The lowest BCUT2D eigenvalue weighted by Crippen LogP contribution is -2.17. The third kappa shape index (κ3) is 5.17. The van der Waals surface area contributed by atoms with Gasteiger partial charge in [-0.2, -0.15) is 5.10 Å². The van der Waals surface area contributed by atoms with E-state index < -0.39 is 12.0 Å². The number of phenolic OH excluding ortho intramolecular Hbond substituents is 2. The van der Waals surface area contributed by atoms with Gasteiger partial charge < -0.3 is 30.1 Å². The molecule has 9 heteroatoms. The largest absolute Gasteiger partial charge is 0.504 e. The number of phenols is 2. The third-order valence-electron chi connectivity index (χ3n) is 3.87. The summed E-state index contributed by atoms with van der Waals surface area (Å²) in [7, 11) is 1.74. The van der Waals surface area contributed by atoms with E-state index in [9.17, 15) is 20.1 Å². The van der Waals surface area contributed by atoms with Gasteiger partial charge in [-0.1, -0.05) is 0 Å². The third-order valence-corrected chi connectivity index (χ3v) is 3.87. The van der Waals surface area contributed by atoms with E-state index >= 15 is 0 Å². The number of anilines is 1. The molecule has 29 heavy (non-hydrogen) atoms. The molecule has 9 nitrogen and oxygen atoms in total. The first-order valence-electron chi connectivity index (χ1n) is 8.77. The number of aryl methyl sites for hydroxylation is 1. The summed E-state index contributed by atoms with van der Waals surface area (Å²) in [6.45, 7) is 1.48. The van der Waals surface area contributed by atoms with Crippen molar-refractivity contribution in [2.75, 3.05) is 11.9 Å². The molecule has 0 bridgehead atoms. The van der Waals surface area contributed by atoms with Crippen LogP contribution in [-0.2, 0) is 7.05 Å². The Balaban J connectivity index is 1.89. The van der Waals surface area contributed by atoms with E-state index in [1.807, 2.05) is 0 Å². The van der Waals surface area contributed by atoms with E-state index in [2.05, 4.69) is 10.4 Å². The molecule has 3 aromatic rings. The van der Waals surface area contributed by atoms with Gasteiger partial charge in [0, 0.05) is 37.0 Å². The zero-order chi connectivity index (χ0) is 21.0. The number of aromatic hydroxyl groups is 2. The molecule has 1 atom stereocenters. The number of nitrogens with one attached hydrogen (secondary N) is 1. The fourth-order valence-electron chi connectivity index (χ4n) is 2.47. The lowest BCUT2D eigenvalue weighted by Gasteiger charge is -2.15. The average molecular weight is 399 g/mol. The molecule has 2 aromatic carbocycles. The molecule has 0 radical (unpaired) electrons. The summed E-state index contributed by atoms with van der Waals surface area (Å²) in [5, 5.41) is 35.1. The van der Waals surface area contributed by atoms with Gasteiger partial charge in [0.2, 0.25) is 0 Å². The zero-order valence-electron chi connectivity index (χ0n) is 15.9. The van der Waals surface area contributed by atoms with Gasteiger partial charge in [-0.3, -0.25) is 9.48 Å². The Morgan fingerprint density at radius 3 is 2.52 bits per heavy atom. The van der Waals surface area contributed by atoms with Crippen LogP contribution >= 0.6 is 0 Å². The molecule has 3 rings (SSSR count). The Hall–Kier alpha value is -3.72. The van der Waals surface area contributed by atoms with Crippen molar-refractivity contribution < 1.29 is 29.6 Å². The van der Waals surface area contributed by atoms with Crippen molar-refractivity contribution in [1.29, 1.82) is 0 Å². The molecule has 0 aliphatic heterocycles. The van der Waals surface area contributed by atoms with Crippen molar-refractivity contribution in [3.8, 4) is 28.7 Å². The van der Waals surface area contributed by atoms with Crippen LogP contribution in [0.1, 0.15) is 17.3 Å². The predicted octanol–water partition coefficient (Wildman–Crippen LogP) is 2.64. The zero-order valence-corrected chi connectivity index (χ0v) is 15.9. The minimum Gasteiger partial charge on any atom is -0.504 e. The van der Waals surface area contributed by atoms with Gasteiger partial charge in [0.1, 0.15) is 23.4 Å². The number of nitrogens with zero attached hydrogens (tertiary/aromatic N) is 2. The summed E-state index contributed by atoms with van der Waals surface area (Å²) in [4.78, 5) is 12.6. The van der Waals surface area contributed by atoms with Gasteiger partial charge in [-0.15, -0.1) is 0 Å². The summed E-state index contributed by atoms with van der Waals surface area (Å²) in [6.07, 6.45) is 1.21. The minimum absolute atomic E-state index is 0.202. The second-order valence-electron chi connectivity index (χ2n) is 6.39. The SMILES string of the molecule is C[C@@H](CO)Oc1cc(Oc2ccc(O)c(O)c2)cc(C(=O)Nc2ccn(C)n2)c1. The second-order valence-corrected chi connectivity index (χ2v) is 6.39. The number of aromatic nitrogens is 2. The van der Waals surface area contributed by atoms with Crippen LogP contribution in [0, 0.1) is 0 Å². The van der Waals surface area contributed by atoms with Crippen LogP contribution < -0.4 is 14.8 Å². The van der Waals surface area contributed by atoms with E-state index in [0.717, 1.165) is 0 Å². The van der Waals surface area contributed by atoms with Gasteiger partial charge in [0.05, 0.1) is 6.61 Å². The molecule has 0 aliphatic rings. The standard InChI is InChI=1S/C20H21N3O6/c1-12(11-24)28-15-7-13(20(27)21-19-5-6-23(2)22-19)8-16(9-15)29-14-3-4-17(25)18(26)10-14/h3-10,12,24-26H,11H2,1-2H3,(H,21,22,27)/t12-/m0/s1. The maximum atomic E-state index is 12.6. The predicted molar refractivity (Wildman–Crippen MR) is 105 cm³/mol. The molecule has 0 unspecified atom stereocenters. The topological polar surface area (TPSA) is 126 Å². The highest BCUT2D eigenvalue weighted by molar-refractivity contribution is 6.04. The van der Waals surface area contributed by atoms with Crippen LogP contribution in [0.3, 0.4) is 0 Å². The molecule has 1 aromatic heterocycles. The van der Waals surface area contributed by atoms with Gasteiger partial charge in [-0.05, 0) is 31.2 Å². The van der Waals surface area contributed by atoms with Crippen LogP contribution in [-0.4, -0.2) is 43.7 Å². The van der Waals surface area contributed by atoms with Crippen LogP contribution in [0.25, 0.3) is 0 Å². The summed E-state index contributed by atoms with van der Waals surface area (Å²) in [5.74, 6) is 0.187. The second kappa shape index (κ2) is 8.53. The first-order chi connectivity index (χ1) is 13.8. The molecule has 0 fully saturated rings. The van der Waals surface area contributed by atoms with Crippen molar-refractivity contribution in [2.45, 2.75) is 13.0 Å². The highest BCUT2D eigenvalue weighted by atomic mass is 16.5. The summed E-state index contributed by atoms with van der Waals surface area (Å²) in [5.41, 5.74) is 0.247. The van der Waals surface area contributed by atoms with Crippen molar-refractivity contribution in [2.24, 2.45) is 7.05 Å². The van der Waals surface area contributed by atoms with Crippen LogP contribution in [0.2, 0.25) is 0 Å². The van der Waals surface area contributed by atoms with Crippen LogP contribution in [0.5, 0.6) is 28.7 Å². The highest BCUT2D eigenvalue weighted by Gasteiger charge is 2.14. The maximum absolute atomic E-state index is 12.6. The number of carbonyl (C=O) groups is 1. The van der Waals surface area contributed by atoms with E-state index in [1.54, 1.807) is 37.0 Å². The van der Waals surface area contributed by atoms with Crippen LogP contribution in [0.4, 0.5) is 5.82 Å². The molecule has 152 valence electrons. The van der Waals surface area contributed by atoms with Gasteiger partial charge >= 0.3 is 0 Å². The Kier molecular flexibility index (Phi) is 5.89. The van der Waals surface area contributed by atoms with Crippen molar-refractivity contribution in [3.05, 3.63) is 54.2 Å². The monoisotopic (exact) mass is 399 g/mol. The Morgan fingerprint density at radius 1 is 1.10 bits per heavy atom. The van der Waals surface area contributed by atoms with Crippen LogP contribution in [0.15, 0.2) is 48.7 Å². The number of amides is 1. The molecule has 1 amide bonds. The first-order valence-corrected chi connectivity index (χ1v) is 8.77. The Morgan fingerprint density at radius 2 is 1.86 bits per heavy atom. The summed E-state index contributed by atoms with van der Waals surface area (Å²) in [6, 6.07) is 10.2. The highest BCUT2D eigenvalue weighted by Crippen LogP contribution is 2.33. The average Bonchev–Trinajstić information content (AvgIpc) is 3.09. The lowest BCUT2D eigenvalue weighted by atomic mass is 10.2. The van der Waals surface area contributed by atoms with Crippen molar-refractivity contribution >= 4 is 11.7 Å². The quantitative estimate of drug-likeness (QED) is 0.450. The number of aliphatic hydroxyl groups excluding tert-OH is 1. The first kappa shape index (κ1) is 20.0. The number of benzene rings is 2. The Labute approximate surface area is 166 Å². The van der Waals surface area contributed by atoms with E-state index in [-0.39, 0.29) is 35.2 Å². The van der Waals surface area contributed by atoms with Gasteiger partial charge in [0.15, 0.2) is 17.3 Å². The molecular weight excluding hydrogens is 378 g/mol. The summed E-state index contributed by atoms with van der Waals surface area (Å²) >= 11 is 0. The minimum atomic E-state index is -0.491. The van der Waals surface area contributed by atoms with Crippen molar-refractivity contribution in [3.63, 3.8) is 0 Å². The number of rotatable bonds is 7. The molecule has 0 spiro atoms. The van der Waals surface area contributed by atoms with E-state index in [4.69, 9.17) is 9.47 Å². The number of hydrogen-bond acceptors (Lipinski definition) is 7. The molecule has 0 saturated carbocycles. The smallest absolute Gasteiger partial charge is 0.257 e. The fraction of sp³-hybridized carbons (Fsp3) is 0.200. The number of hydrogen-bond donors (Lipinski definition) is 4. The molecule has 0 aliphatic carbocycles. The number of carbonyl (C=O) groups excluding carboxylic acids is 1.